The zero-order chi connectivity index (χ0) is 18.9. The van der Waals surface area contributed by atoms with Gasteiger partial charge in [-0.25, -0.2) is 8.78 Å². The molecular weight excluding hydrogens is 465 g/mol. The Morgan fingerprint density at radius 1 is 1.33 bits per heavy atom. The van der Waals surface area contributed by atoms with Gasteiger partial charge in [0, 0.05) is 37.8 Å². The predicted molar refractivity (Wildman–Crippen MR) is 116 cm³/mol. The third-order valence-corrected chi connectivity index (χ3v) is 4.59. The molecule has 154 valence electrons. The quantitative estimate of drug-likeness (QED) is 0.235. The van der Waals surface area contributed by atoms with Crippen LogP contribution in [0.15, 0.2) is 23.2 Å². The first-order valence-corrected chi connectivity index (χ1v) is 9.39. The molecule has 3 N–H and O–H groups in total. The first kappa shape index (κ1) is 24.0. The van der Waals surface area contributed by atoms with E-state index in [4.69, 9.17) is 0 Å². The van der Waals surface area contributed by atoms with Crippen molar-refractivity contribution in [2.45, 2.75) is 45.3 Å². The normalized spacial score (nSPS) is 17.3. The average Bonchev–Trinajstić information content (AvgIpc) is 2.60. The number of halogens is 3. The molecule has 1 aliphatic rings. The first-order valence-electron chi connectivity index (χ1n) is 9.39. The summed E-state index contributed by atoms with van der Waals surface area (Å²) in [5.41, 5.74) is 0.406. The van der Waals surface area contributed by atoms with Gasteiger partial charge >= 0.3 is 0 Å². The maximum atomic E-state index is 13.9. The molecule has 1 fully saturated rings. The highest BCUT2D eigenvalue weighted by molar-refractivity contribution is 14.0. The van der Waals surface area contributed by atoms with Crippen LogP contribution in [0.25, 0.3) is 0 Å². The van der Waals surface area contributed by atoms with Crippen molar-refractivity contribution in [3.63, 3.8) is 0 Å². The van der Waals surface area contributed by atoms with E-state index >= 15 is 0 Å². The van der Waals surface area contributed by atoms with Crippen LogP contribution in [0.5, 0.6) is 0 Å². The van der Waals surface area contributed by atoms with E-state index < -0.39 is 11.6 Å². The Balaban J connectivity index is 0.00000364. The number of rotatable bonds is 7. The molecule has 0 spiro atoms. The fraction of sp³-hybridized carbons (Fsp3) is 0.632. The summed E-state index contributed by atoms with van der Waals surface area (Å²) in [4.78, 5) is 6.89. The van der Waals surface area contributed by atoms with Crippen molar-refractivity contribution in [2.75, 3.05) is 32.7 Å². The number of aliphatic imine (C=N–C) groups is 1. The molecule has 1 saturated heterocycles. The second-order valence-corrected chi connectivity index (χ2v) is 6.72. The summed E-state index contributed by atoms with van der Waals surface area (Å²) < 4.78 is 27.0. The summed E-state index contributed by atoms with van der Waals surface area (Å²) in [5, 5.41) is 15.9. The van der Waals surface area contributed by atoms with Crippen molar-refractivity contribution < 1.29 is 13.9 Å². The Kier molecular flexibility index (Phi) is 11.1. The van der Waals surface area contributed by atoms with Gasteiger partial charge in [0.05, 0.1) is 12.1 Å². The molecule has 0 amide bonds. The van der Waals surface area contributed by atoms with Gasteiger partial charge in [-0.15, -0.1) is 24.0 Å². The maximum Gasteiger partial charge on any atom is 0.191 e. The highest BCUT2D eigenvalue weighted by Gasteiger charge is 2.16. The Bertz CT molecular complexity index is 595. The summed E-state index contributed by atoms with van der Waals surface area (Å²) in [6.07, 6.45) is 2.45. The Hall–Kier alpha value is -1.00. The van der Waals surface area contributed by atoms with Gasteiger partial charge < -0.3 is 20.6 Å². The number of guanidine groups is 1. The maximum absolute atomic E-state index is 13.9. The van der Waals surface area contributed by atoms with Crippen LogP contribution in [0.2, 0.25) is 0 Å². The molecule has 1 aromatic rings. The molecule has 27 heavy (non-hydrogen) atoms. The number of hydrogen-bond acceptors (Lipinski definition) is 3. The molecule has 1 unspecified atom stereocenters. The van der Waals surface area contributed by atoms with Crippen LogP contribution in [-0.4, -0.2) is 54.8 Å². The van der Waals surface area contributed by atoms with Gasteiger partial charge in [0.15, 0.2) is 5.96 Å². The lowest BCUT2D eigenvalue weighted by Gasteiger charge is -2.29. The first-order chi connectivity index (χ1) is 12.5. The van der Waals surface area contributed by atoms with Crippen molar-refractivity contribution in [3.8, 4) is 0 Å². The van der Waals surface area contributed by atoms with Crippen LogP contribution in [0, 0.1) is 11.6 Å². The SMILES string of the molecule is CCNC(=NCCCN1CCC(O)CC1)NC(C)c1ccc(F)cc1F.I. The monoisotopic (exact) mass is 496 g/mol. The minimum atomic E-state index is -0.579. The molecule has 1 aliphatic heterocycles. The molecule has 0 aliphatic carbocycles. The van der Waals surface area contributed by atoms with E-state index in [0.717, 1.165) is 45.0 Å². The number of piperidine rings is 1. The third-order valence-electron chi connectivity index (χ3n) is 4.59. The minimum Gasteiger partial charge on any atom is -0.393 e. The largest absolute Gasteiger partial charge is 0.393 e. The van der Waals surface area contributed by atoms with Crippen LogP contribution in [0.3, 0.4) is 0 Å². The highest BCUT2D eigenvalue weighted by Crippen LogP contribution is 2.17. The van der Waals surface area contributed by atoms with E-state index in [2.05, 4.69) is 20.5 Å². The Morgan fingerprint density at radius 3 is 2.67 bits per heavy atom. The van der Waals surface area contributed by atoms with Gasteiger partial charge in [0.2, 0.25) is 0 Å². The van der Waals surface area contributed by atoms with Crippen molar-refractivity contribution in [1.82, 2.24) is 15.5 Å². The van der Waals surface area contributed by atoms with E-state index in [1.807, 2.05) is 13.8 Å². The van der Waals surface area contributed by atoms with Gasteiger partial charge in [-0.05, 0) is 45.7 Å². The lowest BCUT2D eigenvalue weighted by molar-refractivity contribution is 0.0824. The fourth-order valence-corrected chi connectivity index (χ4v) is 3.08. The molecule has 0 aromatic heterocycles. The van der Waals surface area contributed by atoms with Gasteiger partial charge in [0.25, 0.3) is 0 Å². The summed E-state index contributed by atoms with van der Waals surface area (Å²) in [6, 6.07) is 3.29. The number of benzene rings is 1. The molecule has 2 rings (SSSR count). The number of nitrogens with zero attached hydrogens (tertiary/aromatic N) is 2. The number of aliphatic hydroxyl groups excluding tert-OH is 1. The van der Waals surface area contributed by atoms with E-state index in [9.17, 15) is 13.9 Å². The second kappa shape index (κ2) is 12.5. The Labute approximate surface area is 177 Å². The lowest BCUT2D eigenvalue weighted by atomic mass is 10.1. The summed E-state index contributed by atoms with van der Waals surface area (Å²) >= 11 is 0. The van der Waals surface area contributed by atoms with Crippen molar-refractivity contribution in [1.29, 1.82) is 0 Å². The molecule has 0 bridgehead atoms. The molecule has 1 heterocycles. The van der Waals surface area contributed by atoms with Gasteiger partial charge in [-0.3, -0.25) is 4.99 Å². The number of nitrogens with one attached hydrogen (secondary N) is 2. The van der Waals surface area contributed by atoms with E-state index in [1.54, 1.807) is 0 Å². The zero-order valence-corrected chi connectivity index (χ0v) is 18.4. The Morgan fingerprint density at radius 2 is 2.04 bits per heavy atom. The lowest BCUT2D eigenvalue weighted by Crippen LogP contribution is -2.39. The van der Waals surface area contributed by atoms with E-state index in [0.29, 0.717) is 24.6 Å². The fourth-order valence-electron chi connectivity index (χ4n) is 3.08. The summed E-state index contributed by atoms with van der Waals surface area (Å²) in [6.45, 7) is 7.98. The number of likely N-dealkylation sites (tertiary alicyclic amines) is 1. The van der Waals surface area contributed by atoms with E-state index in [1.165, 1.54) is 12.1 Å². The molecule has 0 saturated carbocycles. The van der Waals surface area contributed by atoms with Crippen molar-refractivity contribution in [3.05, 3.63) is 35.4 Å². The average molecular weight is 496 g/mol. The molecular formula is C19H31F2IN4O. The van der Waals surface area contributed by atoms with Crippen LogP contribution < -0.4 is 10.6 Å². The molecule has 1 aromatic carbocycles. The van der Waals surface area contributed by atoms with Crippen LogP contribution >= 0.6 is 24.0 Å². The number of aliphatic hydroxyl groups is 1. The number of hydrogen-bond donors (Lipinski definition) is 3. The summed E-state index contributed by atoms with van der Waals surface area (Å²) in [7, 11) is 0. The predicted octanol–water partition coefficient (Wildman–Crippen LogP) is 3.05. The third kappa shape index (κ3) is 8.27. The van der Waals surface area contributed by atoms with Crippen LogP contribution in [0.1, 0.15) is 44.7 Å². The minimum absolute atomic E-state index is 0. The highest BCUT2D eigenvalue weighted by atomic mass is 127. The molecule has 5 nitrogen and oxygen atoms in total. The van der Waals surface area contributed by atoms with Crippen LogP contribution in [-0.2, 0) is 0 Å². The zero-order valence-electron chi connectivity index (χ0n) is 16.0. The van der Waals surface area contributed by atoms with Crippen molar-refractivity contribution in [2.24, 2.45) is 4.99 Å². The molecule has 1 atom stereocenters. The van der Waals surface area contributed by atoms with Crippen molar-refractivity contribution >= 4 is 29.9 Å². The van der Waals surface area contributed by atoms with Gasteiger partial charge in [-0.2, -0.15) is 0 Å². The van der Waals surface area contributed by atoms with Gasteiger partial charge in [-0.1, -0.05) is 6.07 Å². The molecule has 8 heteroatoms. The summed E-state index contributed by atoms with van der Waals surface area (Å²) in [5.74, 6) is -0.518. The standard InChI is InChI=1S/C19H30F2N4O.HI/c1-3-22-19(23-9-4-10-25-11-7-16(26)8-12-25)24-14(2)17-6-5-15(20)13-18(17)21;/h5-6,13-14,16,26H,3-4,7-12H2,1-2H3,(H2,22,23,24);1H. The van der Waals surface area contributed by atoms with E-state index in [-0.39, 0.29) is 36.1 Å². The molecule has 0 radical (unpaired) electrons. The topological polar surface area (TPSA) is 59.9 Å². The van der Waals surface area contributed by atoms with Gasteiger partial charge in [0.1, 0.15) is 11.6 Å². The van der Waals surface area contributed by atoms with Crippen LogP contribution in [0.4, 0.5) is 8.78 Å². The second-order valence-electron chi connectivity index (χ2n) is 6.72. The smallest absolute Gasteiger partial charge is 0.191 e.